The number of hydrogen-bond acceptors (Lipinski definition) is 3. The van der Waals surface area contributed by atoms with Gasteiger partial charge >= 0.3 is 0 Å². The van der Waals surface area contributed by atoms with Crippen molar-refractivity contribution in [3.05, 3.63) is 24.0 Å². The molecule has 0 fully saturated rings. The van der Waals surface area contributed by atoms with Crippen molar-refractivity contribution >= 4 is 0 Å². The summed E-state index contributed by atoms with van der Waals surface area (Å²) < 4.78 is 19.5. The van der Waals surface area contributed by atoms with Crippen LogP contribution >= 0.6 is 0 Å². The lowest BCUT2D eigenvalue weighted by Crippen LogP contribution is -2.37. The standard InChI is InChI=1S/C14H23FN2O/c1-10(2)18-12-6-11(7-16-8-12)13(15)9-17-14(3,4)5/h6-8,10,13,17H,9H2,1-5H3. The molecule has 1 unspecified atom stereocenters. The minimum atomic E-state index is -1.08. The van der Waals surface area contributed by atoms with Crippen molar-refractivity contribution in [2.45, 2.75) is 52.4 Å². The van der Waals surface area contributed by atoms with E-state index >= 15 is 0 Å². The van der Waals surface area contributed by atoms with Gasteiger partial charge in [-0.3, -0.25) is 4.98 Å². The Kier molecular flexibility index (Phi) is 5.08. The molecule has 102 valence electrons. The van der Waals surface area contributed by atoms with Gasteiger partial charge in [0.25, 0.3) is 0 Å². The van der Waals surface area contributed by atoms with Crippen LogP contribution in [0.3, 0.4) is 0 Å². The largest absolute Gasteiger partial charge is 0.489 e. The topological polar surface area (TPSA) is 34.1 Å². The molecule has 0 aliphatic rings. The highest BCUT2D eigenvalue weighted by Gasteiger charge is 2.16. The zero-order valence-corrected chi connectivity index (χ0v) is 11.8. The molecule has 0 aromatic carbocycles. The van der Waals surface area contributed by atoms with E-state index in [1.54, 1.807) is 18.5 Å². The summed E-state index contributed by atoms with van der Waals surface area (Å²) >= 11 is 0. The summed E-state index contributed by atoms with van der Waals surface area (Å²) in [5.41, 5.74) is 0.453. The van der Waals surface area contributed by atoms with E-state index < -0.39 is 6.17 Å². The molecule has 0 saturated carbocycles. The van der Waals surface area contributed by atoms with Crippen LogP contribution in [-0.4, -0.2) is 23.2 Å². The zero-order chi connectivity index (χ0) is 13.8. The summed E-state index contributed by atoms with van der Waals surface area (Å²) in [7, 11) is 0. The molecule has 1 aromatic rings. The Morgan fingerprint density at radius 3 is 2.56 bits per heavy atom. The fraction of sp³-hybridized carbons (Fsp3) is 0.643. The van der Waals surface area contributed by atoms with Gasteiger partial charge in [-0.05, 0) is 40.7 Å². The van der Waals surface area contributed by atoms with Gasteiger partial charge in [-0.1, -0.05) is 0 Å². The number of rotatable bonds is 5. The van der Waals surface area contributed by atoms with Crippen LogP contribution in [-0.2, 0) is 0 Å². The second-order valence-corrected chi connectivity index (χ2v) is 5.72. The van der Waals surface area contributed by atoms with Gasteiger partial charge in [0.15, 0.2) is 0 Å². The molecule has 0 spiro atoms. The number of aromatic nitrogens is 1. The lowest BCUT2D eigenvalue weighted by Gasteiger charge is -2.22. The highest BCUT2D eigenvalue weighted by molar-refractivity contribution is 5.25. The molecule has 4 heteroatoms. The second-order valence-electron chi connectivity index (χ2n) is 5.72. The summed E-state index contributed by atoms with van der Waals surface area (Å²) in [6.45, 7) is 10.2. The Morgan fingerprint density at radius 2 is 2.00 bits per heavy atom. The van der Waals surface area contributed by atoms with Crippen molar-refractivity contribution in [1.29, 1.82) is 0 Å². The fourth-order valence-electron chi connectivity index (χ4n) is 1.46. The van der Waals surface area contributed by atoms with E-state index in [4.69, 9.17) is 4.74 Å². The van der Waals surface area contributed by atoms with Crippen LogP contribution < -0.4 is 10.1 Å². The SMILES string of the molecule is CC(C)Oc1cncc(C(F)CNC(C)(C)C)c1. The van der Waals surface area contributed by atoms with Crippen molar-refractivity contribution in [1.82, 2.24) is 10.3 Å². The number of nitrogens with one attached hydrogen (secondary N) is 1. The summed E-state index contributed by atoms with van der Waals surface area (Å²) in [5.74, 6) is 0.612. The van der Waals surface area contributed by atoms with E-state index in [9.17, 15) is 4.39 Å². The normalized spacial score (nSPS) is 13.7. The minimum Gasteiger partial charge on any atom is -0.489 e. The maximum absolute atomic E-state index is 14.0. The molecule has 1 aromatic heterocycles. The predicted molar refractivity (Wildman–Crippen MR) is 71.6 cm³/mol. The van der Waals surface area contributed by atoms with Gasteiger partial charge in [-0.15, -0.1) is 0 Å². The van der Waals surface area contributed by atoms with Gasteiger partial charge in [0.05, 0.1) is 12.3 Å². The molecule has 1 atom stereocenters. The molecule has 0 saturated heterocycles. The van der Waals surface area contributed by atoms with Gasteiger partial charge in [-0.2, -0.15) is 0 Å². The second kappa shape index (κ2) is 6.14. The third kappa shape index (κ3) is 5.45. The molecule has 0 bridgehead atoms. The van der Waals surface area contributed by atoms with Crippen molar-refractivity contribution < 1.29 is 9.13 Å². The molecule has 1 rings (SSSR count). The van der Waals surface area contributed by atoms with Crippen LogP contribution in [0, 0.1) is 0 Å². The first-order valence-electron chi connectivity index (χ1n) is 6.28. The average molecular weight is 254 g/mol. The number of nitrogens with zero attached hydrogens (tertiary/aromatic N) is 1. The maximum atomic E-state index is 14.0. The van der Waals surface area contributed by atoms with Gasteiger partial charge < -0.3 is 10.1 Å². The van der Waals surface area contributed by atoms with Gasteiger partial charge in [0.2, 0.25) is 0 Å². The van der Waals surface area contributed by atoms with Crippen LogP contribution in [0.4, 0.5) is 4.39 Å². The van der Waals surface area contributed by atoms with Crippen molar-refractivity contribution in [3.8, 4) is 5.75 Å². The van der Waals surface area contributed by atoms with E-state index in [0.29, 0.717) is 11.3 Å². The smallest absolute Gasteiger partial charge is 0.139 e. The van der Waals surface area contributed by atoms with Crippen LogP contribution in [0.5, 0.6) is 5.75 Å². The van der Waals surface area contributed by atoms with Crippen molar-refractivity contribution in [2.24, 2.45) is 0 Å². The van der Waals surface area contributed by atoms with Gasteiger partial charge in [0.1, 0.15) is 11.9 Å². The molecular weight excluding hydrogens is 231 g/mol. The van der Waals surface area contributed by atoms with E-state index in [-0.39, 0.29) is 18.2 Å². The summed E-state index contributed by atoms with van der Waals surface area (Å²) in [6, 6.07) is 1.71. The number of hydrogen-bond donors (Lipinski definition) is 1. The summed E-state index contributed by atoms with van der Waals surface area (Å²) in [6.07, 6.45) is 2.13. The molecule has 0 aliphatic carbocycles. The molecule has 18 heavy (non-hydrogen) atoms. The van der Waals surface area contributed by atoms with E-state index in [1.807, 2.05) is 34.6 Å². The third-order valence-electron chi connectivity index (χ3n) is 2.28. The van der Waals surface area contributed by atoms with E-state index in [0.717, 1.165) is 0 Å². The Labute approximate surface area is 109 Å². The van der Waals surface area contributed by atoms with Crippen molar-refractivity contribution in [2.75, 3.05) is 6.54 Å². The lowest BCUT2D eigenvalue weighted by atomic mass is 10.1. The number of ether oxygens (including phenoxy) is 1. The van der Waals surface area contributed by atoms with E-state index in [1.165, 1.54) is 0 Å². The number of pyridine rings is 1. The Hall–Kier alpha value is -1.16. The summed E-state index contributed by atoms with van der Waals surface area (Å²) in [5, 5.41) is 3.14. The Morgan fingerprint density at radius 1 is 1.33 bits per heavy atom. The zero-order valence-electron chi connectivity index (χ0n) is 11.8. The minimum absolute atomic E-state index is 0.0628. The molecule has 0 amide bonds. The van der Waals surface area contributed by atoms with Gasteiger partial charge in [0, 0.05) is 23.8 Å². The first-order chi connectivity index (χ1) is 8.28. The monoisotopic (exact) mass is 254 g/mol. The molecule has 0 aliphatic heterocycles. The van der Waals surface area contributed by atoms with E-state index in [2.05, 4.69) is 10.3 Å². The quantitative estimate of drug-likeness (QED) is 0.875. The molecule has 0 radical (unpaired) electrons. The Balaban J connectivity index is 2.65. The lowest BCUT2D eigenvalue weighted by molar-refractivity contribution is 0.239. The van der Waals surface area contributed by atoms with Gasteiger partial charge in [-0.25, -0.2) is 4.39 Å². The first kappa shape index (κ1) is 14.9. The highest BCUT2D eigenvalue weighted by atomic mass is 19.1. The average Bonchev–Trinajstić information content (AvgIpc) is 2.24. The third-order valence-corrected chi connectivity index (χ3v) is 2.28. The number of halogens is 1. The van der Waals surface area contributed by atoms with Crippen LogP contribution in [0.15, 0.2) is 18.5 Å². The van der Waals surface area contributed by atoms with Crippen molar-refractivity contribution in [3.63, 3.8) is 0 Å². The van der Waals surface area contributed by atoms with Crippen LogP contribution in [0.25, 0.3) is 0 Å². The summed E-state index contributed by atoms with van der Waals surface area (Å²) in [4.78, 5) is 4.01. The Bertz CT molecular complexity index is 374. The number of alkyl halides is 1. The maximum Gasteiger partial charge on any atom is 0.139 e. The highest BCUT2D eigenvalue weighted by Crippen LogP contribution is 2.21. The molecule has 1 heterocycles. The fourth-order valence-corrected chi connectivity index (χ4v) is 1.46. The predicted octanol–water partition coefficient (Wildman–Crippen LogP) is 3.27. The molecular formula is C14H23FN2O. The first-order valence-corrected chi connectivity index (χ1v) is 6.28. The van der Waals surface area contributed by atoms with Crippen LogP contribution in [0.1, 0.15) is 46.4 Å². The molecule has 3 nitrogen and oxygen atoms in total. The molecule has 1 N–H and O–H groups in total. The van der Waals surface area contributed by atoms with Crippen LogP contribution in [0.2, 0.25) is 0 Å².